The Morgan fingerprint density at radius 2 is 2.00 bits per heavy atom. The number of carbonyl (C=O) groups is 1. The van der Waals surface area contributed by atoms with Gasteiger partial charge >= 0.3 is 12.1 Å². The van der Waals surface area contributed by atoms with Crippen molar-refractivity contribution < 1.29 is 27.4 Å². The van der Waals surface area contributed by atoms with Gasteiger partial charge in [-0.25, -0.2) is 9.78 Å². The Balaban J connectivity index is 2.23. The van der Waals surface area contributed by atoms with E-state index in [1.807, 2.05) is 0 Å². The van der Waals surface area contributed by atoms with Crippen LogP contribution >= 0.6 is 0 Å². The molecule has 0 aliphatic rings. The number of aromatic nitrogens is 1. The highest BCUT2D eigenvalue weighted by Crippen LogP contribution is 2.33. The summed E-state index contributed by atoms with van der Waals surface area (Å²) in [5.41, 5.74) is -0.0851. The molecule has 1 aromatic carbocycles. The van der Waals surface area contributed by atoms with Gasteiger partial charge in [-0.15, -0.1) is 0 Å². The smallest absolute Gasteiger partial charge is 0.419 e. The van der Waals surface area contributed by atoms with Gasteiger partial charge in [0.05, 0.1) is 19.8 Å². The average molecular weight is 340 g/mol. The fourth-order valence-corrected chi connectivity index (χ4v) is 2.10. The van der Waals surface area contributed by atoms with Crippen molar-refractivity contribution in [1.29, 1.82) is 0 Å². The van der Waals surface area contributed by atoms with E-state index in [4.69, 9.17) is 4.74 Å². The predicted molar refractivity (Wildman–Crippen MR) is 80.9 cm³/mol. The summed E-state index contributed by atoms with van der Waals surface area (Å²) in [6.07, 6.45) is -3.24. The second-order valence-electron chi connectivity index (χ2n) is 4.78. The van der Waals surface area contributed by atoms with Crippen LogP contribution in [0.1, 0.15) is 21.5 Å². The second kappa shape index (κ2) is 7.20. The number of nitrogens with one attached hydrogen (secondary N) is 1. The lowest BCUT2D eigenvalue weighted by molar-refractivity contribution is -0.137. The summed E-state index contributed by atoms with van der Waals surface area (Å²) in [7, 11) is 2.64. The minimum atomic E-state index is -4.51. The van der Waals surface area contributed by atoms with Gasteiger partial charge in [-0.05, 0) is 29.8 Å². The predicted octanol–water partition coefficient (Wildman–Crippen LogP) is 3.51. The molecule has 0 saturated carbocycles. The molecule has 0 spiro atoms. The molecule has 0 bridgehead atoms. The van der Waals surface area contributed by atoms with Crippen molar-refractivity contribution in [2.45, 2.75) is 12.7 Å². The van der Waals surface area contributed by atoms with Crippen LogP contribution in [0.15, 0.2) is 36.5 Å². The normalized spacial score (nSPS) is 11.0. The molecule has 0 saturated heterocycles. The SMILES string of the molecule is COC(=O)c1cc(CNc2ncccc2C(F)(F)F)ccc1OC. The number of esters is 1. The van der Waals surface area contributed by atoms with Crippen molar-refractivity contribution in [3.05, 3.63) is 53.2 Å². The number of hydrogen-bond donors (Lipinski definition) is 1. The van der Waals surface area contributed by atoms with Crippen molar-refractivity contribution in [2.24, 2.45) is 0 Å². The maximum Gasteiger partial charge on any atom is 0.419 e. The van der Waals surface area contributed by atoms with Crippen LogP contribution in [0.25, 0.3) is 0 Å². The molecular weight excluding hydrogens is 325 g/mol. The zero-order valence-corrected chi connectivity index (χ0v) is 13.0. The monoisotopic (exact) mass is 340 g/mol. The molecule has 0 unspecified atom stereocenters. The fraction of sp³-hybridized carbons (Fsp3) is 0.250. The lowest BCUT2D eigenvalue weighted by Gasteiger charge is -2.14. The fourth-order valence-electron chi connectivity index (χ4n) is 2.10. The van der Waals surface area contributed by atoms with E-state index in [1.165, 1.54) is 32.5 Å². The van der Waals surface area contributed by atoms with Crippen LogP contribution in [0.4, 0.5) is 19.0 Å². The van der Waals surface area contributed by atoms with Gasteiger partial charge in [0.1, 0.15) is 17.1 Å². The molecule has 2 rings (SSSR count). The second-order valence-corrected chi connectivity index (χ2v) is 4.78. The average Bonchev–Trinajstić information content (AvgIpc) is 2.58. The molecule has 1 aromatic heterocycles. The zero-order valence-electron chi connectivity index (χ0n) is 13.0. The van der Waals surface area contributed by atoms with E-state index >= 15 is 0 Å². The third-order valence-electron chi connectivity index (χ3n) is 3.24. The number of benzene rings is 1. The standard InChI is InChI=1S/C16H15F3N2O3/c1-23-13-6-5-10(8-11(13)15(22)24-2)9-21-14-12(16(17,18)19)4-3-7-20-14/h3-8H,9H2,1-2H3,(H,20,21). The van der Waals surface area contributed by atoms with E-state index < -0.39 is 17.7 Å². The van der Waals surface area contributed by atoms with E-state index in [2.05, 4.69) is 15.0 Å². The van der Waals surface area contributed by atoms with Crippen LogP contribution in [0.2, 0.25) is 0 Å². The summed E-state index contributed by atoms with van der Waals surface area (Å²) >= 11 is 0. The third kappa shape index (κ3) is 3.95. The van der Waals surface area contributed by atoms with Crippen molar-refractivity contribution in [3.63, 3.8) is 0 Å². The Morgan fingerprint density at radius 3 is 2.62 bits per heavy atom. The van der Waals surface area contributed by atoms with Crippen molar-refractivity contribution in [2.75, 3.05) is 19.5 Å². The van der Waals surface area contributed by atoms with E-state index in [0.717, 1.165) is 6.07 Å². The number of methoxy groups -OCH3 is 2. The quantitative estimate of drug-likeness (QED) is 0.844. The lowest BCUT2D eigenvalue weighted by atomic mass is 10.1. The molecule has 24 heavy (non-hydrogen) atoms. The third-order valence-corrected chi connectivity index (χ3v) is 3.24. The van der Waals surface area contributed by atoms with Gasteiger partial charge in [-0.3, -0.25) is 0 Å². The number of ether oxygens (including phenoxy) is 2. The van der Waals surface area contributed by atoms with E-state index in [-0.39, 0.29) is 17.9 Å². The number of hydrogen-bond acceptors (Lipinski definition) is 5. The van der Waals surface area contributed by atoms with Gasteiger partial charge in [0.2, 0.25) is 0 Å². The van der Waals surface area contributed by atoms with Crippen LogP contribution in [0.3, 0.4) is 0 Å². The van der Waals surface area contributed by atoms with Gasteiger partial charge in [0.15, 0.2) is 0 Å². The first kappa shape index (κ1) is 17.6. The zero-order chi connectivity index (χ0) is 17.7. The molecule has 2 aromatic rings. The first-order valence-corrected chi connectivity index (χ1v) is 6.88. The maximum absolute atomic E-state index is 12.9. The van der Waals surface area contributed by atoms with Gasteiger partial charge in [-0.2, -0.15) is 13.2 Å². The summed E-state index contributed by atoms with van der Waals surface area (Å²) in [4.78, 5) is 15.4. The summed E-state index contributed by atoms with van der Waals surface area (Å²) in [5, 5.41) is 2.63. The molecule has 0 fully saturated rings. The Morgan fingerprint density at radius 1 is 1.25 bits per heavy atom. The molecule has 8 heteroatoms. The van der Waals surface area contributed by atoms with E-state index in [0.29, 0.717) is 11.3 Å². The lowest BCUT2D eigenvalue weighted by Crippen LogP contribution is -2.12. The summed E-state index contributed by atoms with van der Waals surface area (Å²) in [6.45, 7) is 0.0497. The van der Waals surface area contributed by atoms with E-state index in [9.17, 15) is 18.0 Å². The molecule has 0 atom stereocenters. The molecule has 128 valence electrons. The molecule has 1 N–H and O–H groups in total. The number of carbonyl (C=O) groups excluding carboxylic acids is 1. The molecule has 0 aliphatic carbocycles. The Labute approximate surface area is 136 Å². The minimum absolute atomic E-state index is 0.0497. The van der Waals surface area contributed by atoms with Crippen LogP contribution in [-0.4, -0.2) is 25.2 Å². The number of nitrogens with zero attached hydrogens (tertiary/aromatic N) is 1. The van der Waals surface area contributed by atoms with Crippen molar-refractivity contribution in [1.82, 2.24) is 4.98 Å². The van der Waals surface area contributed by atoms with Crippen LogP contribution in [0.5, 0.6) is 5.75 Å². The molecule has 5 nitrogen and oxygen atoms in total. The van der Waals surface area contributed by atoms with Crippen LogP contribution < -0.4 is 10.1 Å². The Bertz CT molecular complexity index is 733. The first-order chi connectivity index (χ1) is 11.4. The first-order valence-electron chi connectivity index (χ1n) is 6.88. The highest BCUT2D eigenvalue weighted by Gasteiger charge is 2.34. The van der Waals surface area contributed by atoms with Crippen LogP contribution in [0, 0.1) is 0 Å². The summed E-state index contributed by atoms with van der Waals surface area (Å²) in [6, 6.07) is 6.84. The number of alkyl halides is 3. The highest BCUT2D eigenvalue weighted by atomic mass is 19.4. The van der Waals surface area contributed by atoms with Gasteiger partial charge in [0.25, 0.3) is 0 Å². The molecule has 0 radical (unpaired) electrons. The Kier molecular flexibility index (Phi) is 5.28. The molecule has 0 aliphatic heterocycles. The number of pyridine rings is 1. The molecular formula is C16H15F3N2O3. The van der Waals surface area contributed by atoms with Gasteiger partial charge in [0, 0.05) is 12.7 Å². The maximum atomic E-state index is 12.9. The largest absolute Gasteiger partial charge is 0.496 e. The highest BCUT2D eigenvalue weighted by molar-refractivity contribution is 5.92. The Hall–Kier alpha value is -2.77. The van der Waals surface area contributed by atoms with E-state index in [1.54, 1.807) is 12.1 Å². The summed E-state index contributed by atoms with van der Waals surface area (Å²) in [5.74, 6) is -0.553. The topological polar surface area (TPSA) is 60.5 Å². The minimum Gasteiger partial charge on any atom is -0.496 e. The number of rotatable bonds is 5. The number of anilines is 1. The molecule has 0 amide bonds. The van der Waals surface area contributed by atoms with Gasteiger partial charge < -0.3 is 14.8 Å². The molecule has 1 heterocycles. The number of halogens is 3. The van der Waals surface area contributed by atoms with Gasteiger partial charge in [-0.1, -0.05) is 6.07 Å². The van der Waals surface area contributed by atoms with Crippen molar-refractivity contribution in [3.8, 4) is 5.75 Å². The van der Waals surface area contributed by atoms with Crippen molar-refractivity contribution >= 4 is 11.8 Å². The van der Waals surface area contributed by atoms with Crippen LogP contribution in [-0.2, 0) is 17.5 Å². The summed E-state index contributed by atoms with van der Waals surface area (Å²) < 4.78 is 48.5.